The standard InChI is InChI=1S/C19H20N5O2P/c25-9-24-14-3-2-12(7-14)17(24)18-22-15-4-1-11(6-16(15)23-18)5-13-8-20-19(21-13)27-10-26/h1,4,6,8-10,12,14,17,27H,2-3,5,7H2,(H,20,21)(H,22,23)/t12-,14-,17+/m1/s1. The van der Waals surface area contributed by atoms with Gasteiger partial charge in [0.25, 0.3) is 0 Å². The first-order chi connectivity index (χ1) is 13.2. The molecule has 2 fully saturated rings. The van der Waals surface area contributed by atoms with E-state index in [1.807, 2.05) is 11.0 Å². The molecule has 1 saturated heterocycles. The predicted octanol–water partition coefficient (Wildman–Crippen LogP) is 2.05. The summed E-state index contributed by atoms with van der Waals surface area (Å²) in [6.45, 7) is 0. The zero-order valence-electron chi connectivity index (χ0n) is 14.7. The third kappa shape index (κ3) is 2.86. The number of rotatable bonds is 6. The van der Waals surface area contributed by atoms with Crippen LogP contribution in [0.2, 0.25) is 0 Å². The van der Waals surface area contributed by atoms with Crippen molar-refractivity contribution in [2.45, 2.75) is 37.8 Å². The van der Waals surface area contributed by atoms with Gasteiger partial charge >= 0.3 is 0 Å². The number of carbonyl (C=O) groups is 2. The first-order valence-corrected chi connectivity index (χ1v) is 10.3. The van der Waals surface area contributed by atoms with Gasteiger partial charge in [-0.3, -0.25) is 9.59 Å². The average Bonchev–Trinajstić information content (AvgIpc) is 3.44. The summed E-state index contributed by atoms with van der Waals surface area (Å²) in [6.07, 6.45) is 6.87. The van der Waals surface area contributed by atoms with Gasteiger partial charge in [-0.05, 0) is 42.9 Å². The lowest BCUT2D eigenvalue weighted by Gasteiger charge is -2.30. The van der Waals surface area contributed by atoms with Crippen LogP contribution < -0.4 is 5.57 Å². The average molecular weight is 381 g/mol. The fourth-order valence-corrected chi connectivity index (χ4v) is 5.14. The lowest BCUT2D eigenvalue weighted by atomic mass is 9.98. The molecule has 3 aromatic rings. The van der Waals surface area contributed by atoms with Crippen molar-refractivity contribution in [1.82, 2.24) is 24.8 Å². The van der Waals surface area contributed by atoms with Crippen molar-refractivity contribution < 1.29 is 9.59 Å². The maximum Gasteiger partial charge on any atom is 0.210 e. The summed E-state index contributed by atoms with van der Waals surface area (Å²) in [5.74, 6) is 1.42. The molecule has 2 aromatic heterocycles. The summed E-state index contributed by atoms with van der Waals surface area (Å²) < 4.78 is 0. The van der Waals surface area contributed by atoms with Crippen molar-refractivity contribution in [3.05, 3.63) is 41.5 Å². The molecule has 1 aliphatic heterocycles. The number of nitrogens with one attached hydrogen (secondary N) is 2. The van der Waals surface area contributed by atoms with Gasteiger partial charge in [0, 0.05) is 32.9 Å². The van der Waals surface area contributed by atoms with Crippen LogP contribution in [-0.4, -0.2) is 43.3 Å². The first-order valence-electron chi connectivity index (χ1n) is 9.20. The van der Waals surface area contributed by atoms with E-state index >= 15 is 0 Å². The van der Waals surface area contributed by atoms with Crippen LogP contribution in [0.5, 0.6) is 0 Å². The van der Waals surface area contributed by atoms with Crippen LogP contribution in [0, 0.1) is 5.92 Å². The van der Waals surface area contributed by atoms with Crippen molar-refractivity contribution in [1.29, 1.82) is 0 Å². The summed E-state index contributed by atoms with van der Waals surface area (Å²) in [5, 5.41) is 0. The number of amides is 1. The molecule has 0 spiro atoms. The Morgan fingerprint density at radius 1 is 1.26 bits per heavy atom. The molecule has 1 aliphatic carbocycles. The fourth-order valence-electron chi connectivity index (χ4n) is 4.66. The molecule has 4 atom stereocenters. The van der Waals surface area contributed by atoms with Gasteiger partial charge in [-0.25, -0.2) is 9.97 Å². The number of carbonyl (C=O) groups excluding carboxylic acids is 2. The Morgan fingerprint density at radius 3 is 3.04 bits per heavy atom. The number of hydrogen-bond donors (Lipinski definition) is 2. The molecule has 138 valence electrons. The Labute approximate surface area is 157 Å². The smallest absolute Gasteiger partial charge is 0.210 e. The highest BCUT2D eigenvalue weighted by Gasteiger charge is 2.47. The van der Waals surface area contributed by atoms with E-state index in [0.29, 0.717) is 12.0 Å². The predicted molar refractivity (Wildman–Crippen MR) is 104 cm³/mol. The lowest BCUT2D eigenvalue weighted by molar-refractivity contribution is -0.122. The molecule has 2 bridgehead atoms. The SMILES string of the molecule is O=CPc1ncc(Cc2ccc3nc([C@@H]4[C@@H]5CC[C@H](C5)N4C=O)[nH]c3c2)[nH]1. The van der Waals surface area contributed by atoms with Gasteiger partial charge in [-0.15, -0.1) is 0 Å². The van der Waals surface area contributed by atoms with Crippen LogP contribution in [0.25, 0.3) is 11.0 Å². The molecule has 7 nitrogen and oxygen atoms in total. The zero-order chi connectivity index (χ0) is 18.4. The van der Waals surface area contributed by atoms with E-state index in [2.05, 4.69) is 27.1 Å². The lowest BCUT2D eigenvalue weighted by Crippen LogP contribution is -2.34. The topological polar surface area (TPSA) is 94.7 Å². The third-order valence-corrected chi connectivity index (χ3v) is 6.47. The maximum absolute atomic E-state index is 11.6. The highest BCUT2D eigenvalue weighted by atomic mass is 31.1. The Bertz CT molecular complexity index is 1010. The van der Waals surface area contributed by atoms with Crippen molar-refractivity contribution >= 4 is 37.6 Å². The zero-order valence-corrected chi connectivity index (χ0v) is 15.7. The van der Waals surface area contributed by atoms with E-state index in [-0.39, 0.29) is 14.6 Å². The monoisotopic (exact) mass is 381 g/mol. The summed E-state index contributed by atoms with van der Waals surface area (Å²) in [7, 11) is 0.0610. The van der Waals surface area contributed by atoms with Crippen LogP contribution >= 0.6 is 8.58 Å². The molecule has 3 heterocycles. The number of benzene rings is 1. The number of piperidine rings is 1. The fraction of sp³-hybridized carbons (Fsp3) is 0.368. The number of nitrogens with zero attached hydrogens (tertiary/aromatic N) is 3. The number of imidazole rings is 2. The third-order valence-electron chi connectivity index (χ3n) is 5.82. The van der Waals surface area contributed by atoms with Gasteiger partial charge in [0.05, 0.1) is 17.1 Å². The second kappa shape index (κ2) is 6.57. The Balaban J connectivity index is 1.41. The molecule has 1 aromatic carbocycles. The maximum atomic E-state index is 11.6. The van der Waals surface area contributed by atoms with Gasteiger partial charge in [-0.1, -0.05) is 6.07 Å². The van der Waals surface area contributed by atoms with Crippen LogP contribution in [0.15, 0.2) is 24.4 Å². The largest absolute Gasteiger partial charge is 0.342 e. The van der Waals surface area contributed by atoms with E-state index in [0.717, 1.165) is 65.4 Å². The summed E-state index contributed by atoms with van der Waals surface area (Å²) >= 11 is 0. The first kappa shape index (κ1) is 16.6. The van der Waals surface area contributed by atoms with Gasteiger partial charge in [0.2, 0.25) is 6.41 Å². The van der Waals surface area contributed by atoms with Crippen molar-refractivity contribution in [2.75, 3.05) is 0 Å². The second-order valence-electron chi connectivity index (χ2n) is 7.39. The van der Waals surface area contributed by atoms with Gasteiger partial charge in [-0.2, -0.15) is 0 Å². The minimum Gasteiger partial charge on any atom is -0.342 e. The molecule has 27 heavy (non-hydrogen) atoms. The second-order valence-corrected chi connectivity index (χ2v) is 8.39. The molecule has 5 rings (SSSR count). The van der Waals surface area contributed by atoms with E-state index in [1.165, 1.54) is 6.42 Å². The summed E-state index contributed by atoms with van der Waals surface area (Å²) in [5.41, 5.74) is 4.76. The van der Waals surface area contributed by atoms with E-state index in [1.54, 1.807) is 6.20 Å². The Kier molecular flexibility index (Phi) is 4.05. The molecular formula is C19H20N5O2P. The van der Waals surface area contributed by atoms with E-state index in [9.17, 15) is 9.59 Å². The van der Waals surface area contributed by atoms with Gasteiger partial charge < -0.3 is 14.9 Å². The van der Waals surface area contributed by atoms with Crippen molar-refractivity contribution in [3.63, 3.8) is 0 Å². The molecule has 8 heteroatoms. The minimum atomic E-state index is 0.0610. The molecule has 2 N–H and O–H groups in total. The summed E-state index contributed by atoms with van der Waals surface area (Å²) in [6, 6.07) is 7.52. The molecule has 1 unspecified atom stereocenters. The normalized spacial score (nSPS) is 24.4. The number of likely N-dealkylation sites (tertiary alicyclic amines) is 1. The molecule has 1 amide bonds. The van der Waals surface area contributed by atoms with Crippen LogP contribution in [0.4, 0.5) is 0 Å². The number of H-pyrrole nitrogens is 2. The van der Waals surface area contributed by atoms with E-state index in [4.69, 9.17) is 4.98 Å². The van der Waals surface area contributed by atoms with Crippen LogP contribution in [0.1, 0.15) is 42.4 Å². The number of aromatic amines is 2. The van der Waals surface area contributed by atoms with Gasteiger partial charge in [0.1, 0.15) is 17.4 Å². The highest BCUT2D eigenvalue weighted by Crippen LogP contribution is 2.48. The molecular weight excluding hydrogens is 361 g/mol. The quantitative estimate of drug-likeness (QED) is 0.505. The Morgan fingerprint density at radius 2 is 2.19 bits per heavy atom. The highest BCUT2D eigenvalue weighted by molar-refractivity contribution is 7.62. The molecule has 2 aliphatic rings. The molecule has 0 radical (unpaired) electrons. The van der Waals surface area contributed by atoms with Crippen molar-refractivity contribution in [3.8, 4) is 0 Å². The summed E-state index contributed by atoms with van der Waals surface area (Å²) in [4.78, 5) is 39.8. The minimum absolute atomic E-state index is 0.0610. The molecule has 1 saturated carbocycles. The number of hydrogen-bond acceptors (Lipinski definition) is 4. The number of aromatic nitrogens is 4. The van der Waals surface area contributed by atoms with Crippen LogP contribution in [0.3, 0.4) is 0 Å². The van der Waals surface area contributed by atoms with Crippen molar-refractivity contribution in [2.24, 2.45) is 5.92 Å². The Hall–Kier alpha value is -2.53. The number of fused-ring (bicyclic) bond motifs is 3. The van der Waals surface area contributed by atoms with Gasteiger partial charge in [0.15, 0.2) is 0 Å². The van der Waals surface area contributed by atoms with E-state index < -0.39 is 0 Å². The van der Waals surface area contributed by atoms with Crippen LogP contribution in [-0.2, 0) is 16.0 Å².